The predicted molar refractivity (Wildman–Crippen MR) is 54.2 cm³/mol. The summed E-state index contributed by atoms with van der Waals surface area (Å²) in [6.45, 7) is 0.483. The Balaban J connectivity index is 2.67. The van der Waals surface area contributed by atoms with Gasteiger partial charge in [-0.3, -0.25) is 4.79 Å². The number of amides is 1. The fraction of sp³-hybridized carbons (Fsp3) is 0.750. The first kappa shape index (κ1) is 11.3. The average Bonchev–Trinajstić information content (AvgIpc) is 2.63. The van der Waals surface area contributed by atoms with E-state index in [0.29, 0.717) is 13.0 Å². The number of carboxylic acid groups (broad SMARTS) is 1. The lowest BCUT2D eigenvalue weighted by molar-refractivity contribution is -0.148. The lowest BCUT2D eigenvalue weighted by atomic mass is 10.2. The van der Waals surface area contributed by atoms with Gasteiger partial charge in [-0.05, 0) is 12.8 Å². The zero-order valence-corrected chi connectivity index (χ0v) is 8.61. The number of thiol groups is 1. The van der Waals surface area contributed by atoms with E-state index in [9.17, 15) is 9.59 Å². The molecule has 1 aliphatic heterocycles. The van der Waals surface area contributed by atoms with Gasteiger partial charge in [0.15, 0.2) is 0 Å². The Morgan fingerprint density at radius 1 is 1.64 bits per heavy atom. The minimum Gasteiger partial charge on any atom is -0.480 e. The van der Waals surface area contributed by atoms with E-state index < -0.39 is 18.1 Å². The van der Waals surface area contributed by atoms with Gasteiger partial charge < -0.3 is 15.7 Å². The first-order chi connectivity index (χ1) is 6.57. The maximum atomic E-state index is 11.6. The van der Waals surface area contributed by atoms with Gasteiger partial charge in [0.2, 0.25) is 5.91 Å². The van der Waals surface area contributed by atoms with Crippen molar-refractivity contribution in [2.45, 2.75) is 24.9 Å². The van der Waals surface area contributed by atoms with Crippen LogP contribution >= 0.6 is 12.6 Å². The quantitative estimate of drug-likeness (QED) is 0.548. The van der Waals surface area contributed by atoms with Crippen molar-refractivity contribution in [1.29, 1.82) is 0 Å². The molecule has 5 nitrogen and oxygen atoms in total. The summed E-state index contributed by atoms with van der Waals surface area (Å²) in [4.78, 5) is 23.7. The van der Waals surface area contributed by atoms with E-state index in [1.807, 2.05) is 0 Å². The number of carbonyl (C=O) groups is 2. The molecular formula is C8H14N2O3S. The van der Waals surface area contributed by atoms with Gasteiger partial charge in [-0.25, -0.2) is 4.79 Å². The van der Waals surface area contributed by atoms with Crippen LogP contribution in [0.5, 0.6) is 0 Å². The van der Waals surface area contributed by atoms with Crippen molar-refractivity contribution in [2.24, 2.45) is 5.73 Å². The van der Waals surface area contributed by atoms with Crippen LogP contribution in [-0.4, -0.2) is 46.3 Å². The van der Waals surface area contributed by atoms with Gasteiger partial charge in [-0.15, -0.1) is 0 Å². The summed E-state index contributed by atoms with van der Waals surface area (Å²) < 4.78 is 0. The molecule has 2 atom stereocenters. The predicted octanol–water partition coefficient (Wildman–Crippen LogP) is -0.681. The van der Waals surface area contributed by atoms with Crippen LogP contribution in [0.25, 0.3) is 0 Å². The maximum absolute atomic E-state index is 11.6. The molecule has 0 saturated carbocycles. The summed E-state index contributed by atoms with van der Waals surface area (Å²) in [7, 11) is 0. The molecule has 1 saturated heterocycles. The highest BCUT2D eigenvalue weighted by Gasteiger charge is 2.35. The summed E-state index contributed by atoms with van der Waals surface area (Å²) in [6.07, 6.45) is 1.24. The monoisotopic (exact) mass is 218 g/mol. The number of hydrogen-bond donors (Lipinski definition) is 3. The minimum absolute atomic E-state index is 0.238. The zero-order valence-electron chi connectivity index (χ0n) is 7.72. The minimum atomic E-state index is -0.956. The van der Waals surface area contributed by atoms with Gasteiger partial charge in [0.1, 0.15) is 6.04 Å². The van der Waals surface area contributed by atoms with Crippen LogP contribution in [0.15, 0.2) is 0 Å². The third kappa shape index (κ3) is 2.19. The highest BCUT2D eigenvalue weighted by atomic mass is 32.1. The molecule has 14 heavy (non-hydrogen) atoms. The van der Waals surface area contributed by atoms with E-state index in [0.717, 1.165) is 6.42 Å². The molecule has 80 valence electrons. The number of carbonyl (C=O) groups excluding carboxylic acids is 1. The first-order valence-corrected chi connectivity index (χ1v) is 5.11. The van der Waals surface area contributed by atoms with E-state index >= 15 is 0 Å². The van der Waals surface area contributed by atoms with Gasteiger partial charge in [0.25, 0.3) is 0 Å². The van der Waals surface area contributed by atoms with Crippen molar-refractivity contribution in [2.75, 3.05) is 12.3 Å². The Hall–Kier alpha value is -0.750. The number of hydrogen-bond acceptors (Lipinski definition) is 4. The van der Waals surface area contributed by atoms with Crippen LogP contribution in [0.4, 0.5) is 0 Å². The van der Waals surface area contributed by atoms with Crippen molar-refractivity contribution in [3.63, 3.8) is 0 Å². The Morgan fingerprint density at radius 2 is 2.29 bits per heavy atom. The molecule has 0 spiro atoms. The highest BCUT2D eigenvalue weighted by Crippen LogP contribution is 2.18. The third-order valence-electron chi connectivity index (χ3n) is 2.33. The molecule has 3 N–H and O–H groups in total. The third-order valence-corrected chi connectivity index (χ3v) is 2.73. The van der Waals surface area contributed by atoms with Crippen LogP contribution in [-0.2, 0) is 9.59 Å². The number of carboxylic acids is 1. The molecule has 0 aliphatic carbocycles. The van der Waals surface area contributed by atoms with E-state index in [2.05, 4.69) is 12.6 Å². The molecule has 1 aliphatic rings. The number of nitrogens with two attached hydrogens (primary N) is 1. The first-order valence-electron chi connectivity index (χ1n) is 4.47. The van der Waals surface area contributed by atoms with Crippen molar-refractivity contribution >= 4 is 24.5 Å². The molecule has 0 aromatic heterocycles. The fourth-order valence-corrected chi connectivity index (χ4v) is 1.73. The SMILES string of the molecule is N[C@H](CS)C(=O)N1CCC[C@H]1C(=O)O. The lowest BCUT2D eigenvalue weighted by Gasteiger charge is -2.23. The van der Waals surface area contributed by atoms with Gasteiger partial charge >= 0.3 is 5.97 Å². The van der Waals surface area contributed by atoms with Gasteiger partial charge in [-0.2, -0.15) is 12.6 Å². The van der Waals surface area contributed by atoms with Gasteiger partial charge in [0.05, 0.1) is 6.04 Å². The van der Waals surface area contributed by atoms with Crippen molar-refractivity contribution in [3.8, 4) is 0 Å². The van der Waals surface area contributed by atoms with E-state index in [1.165, 1.54) is 4.90 Å². The summed E-state index contributed by atoms with van der Waals surface area (Å²) in [6, 6.07) is -1.40. The molecule has 6 heteroatoms. The molecule has 0 unspecified atom stereocenters. The Kier molecular flexibility index (Phi) is 3.77. The molecule has 0 aromatic rings. The second-order valence-electron chi connectivity index (χ2n) is 3.32. The smallest absolute Gasteiger partial charge is 0.326 e. The van der Waals surface area contributed by atoms with Crippen molar-refractivity contribution in [3.05, 3.63) is 0 Å². The maximum Gasteiger partial charge on any atom is 0.326 e. The van der Waals surface area contributed by atoms with Crippen LogP contribution < -0.4 is 5.73 Å². The fourth-order valence-electron chi connectivity index (χ4n) is 1.58. The summed E-state index contributed by atoms with van der Waals surface area (Å²) >= 11 is 3.91. The highest BCUT2D eigenvalue weighted by molar-refractivity contribution is 7.80. The van der Waals surface area contributed by atoms with E-state index in [-0.39, 0.29) is 11.7 Å². The van der Waals surface area contributed by atoms with Crippen molar-refractivity contribution in [1.82, 2.24) is 4.90 Å². The molecule has 0 radical (unpaired) electrons. The Morgan fingerprint density at radius 3 is 2.79 bits per heavy atom. The van der Waals surface area contributed by atoms with Gasteiger partial charge in [-0.1, -0.05) is 0 Å². The standard InChI is InChI=1S/C8H14N2O3S/c9-5(4-14)7(11)10-3-1-2-6(10)8(12)13/h5-6,14H,1-4,9H2,(H,12,13)/t5-,6+/m1/s1. The van der Waals surface area contributed by atoms with Crippen molar-refractivity contribution < 1.29 is 14.7 Å². The van der Waals surface area contributed by atoms with Gasteiger partial charge in [0, 0.05) is 12.3 Å². The number of nitrogens with zero attached hydrogens (tertiary/aromatic N) is 1. The molecule has 1 amide bonds. The van der Waals surface area contributed by atoms with Crippen LogP contribution in [0.1, 0.15) is 12.8 Å². The summed E-state index contributed by atoms with van der Waals surface area (Å²) in [5, 5.41) is 8.83. The summed E-state index contributed by atoms with van der Waals surface area (Å²) in [5.41, 5.74) is 5.50. The van der Waals surface area contributed by atoms with Crippen LogP contribution in [0.3, 0.4) is 0 Å². The normalized spacial score (nSPS) is 23.6. The zero-order chi connectivity index (χ0) is 10.7. The number of aliphatic carboxylic acids is 1. The Bertz CT molecular complexity index is 247. The topological polar surface area (TPSA) is 83.6 Å². The number of rotatable bonds is 3. The second kappa shape index (κ2) is 4.65. The lowest BCUT2D eigenvalue weighted by Crippen LogP contribution is -2.49. The Labute approximate surface area is 87.7 Å². The average molecular weight is 218 g/mol. The molecule has 0 aromatic carbocycles. The summed E-state index contributed by atoms with van der Waals surface area (Å²) in [5.74, 6) is -1.03. The molecule has 1 rings (SSSR count). The van der Waals surface area contributed by atoms with E-state index in [1.54, 1.807) is 0 Å². The molecular weight excluding hydrogens is 204 g/mol. The largest absolute Gasteiger partial charge is 0.480 e. The molecule has 0 bridgehead atoms. The van der Waals surface area contributed by atoms with Crippen LogP contribution in [0.2, 0.25) is 0 Å². The van der Waals surface area contributed by atoms with E-state index in [4.69, 9.17) is 10.8 Å². The molecule has 1 heterocycles. The number of likely N-dealkylation sites (tertiary alicyclic amines) is 1. The molecule has 1 fully saturated rings. The van der Waals surface area contributed by atoms with Crippen LogP contribution in [0, 0.1) is 0 Å². The second-order valence-corrected chi connectivity index (χ2v) is 3.68.